The van der Waals surface area contributed by atoms with Crippen molar-refractivity contribution in [3.8, 4) is 11.1 Å². The SMILES string of the molecule is Cc1cc(-c2ccc([C]=O)cc2)c2ccccc2n1. The van der Waals surface area contributed by atoms with Crippen molar-refractivity contribution < 1.29 is 4.79 Å². The summed E-state index contributed by atoms with van der Waals surface area (Å²) in [6.45, 7) is 1.99. The Labute approximate surface area is 111 Å². The molecule has 0 atom stereocenters. The van der Waals surface area contributed by atoms with Crippen LogP contribution in [0.2, 0.25) is 0 Å². The van der Waals surface area contributed by atoms with E-state index in [9.17, 15) is 4.79 Å². The van der Waals surface area contributed by atoms with Gasteiger partial charge >= 0.3 is 0 Å². The number of hydrogen-bond donors (Lipinski definition) is 0. The topological polar surface area (TPSA) is 30.0 Å². The number of aryl methyl sites for hydroxylation is 1. The first kappa shape index (κ1) is 11.6. The van der Waals surface area contributed by atoms with Gasteiger partial charge in [-0.15, -0.1) is 0 Å². The molecule has 0 unspecified atom stereocenters. The highest BCUT2D eigenvalue weighted by atomic mass is 16.1. The van der Waals surface area contributed by atoms with Gasteiger partial charge in [-0.3, -0.25) is 9.78 Å². The van der Waals surface area contributed by atoms with Crippen molar-refractivity contribution in [3.63, 3.8) is 0 Å². The number of nitrogens with zero attached hydrogens (tertiary/aromatic N) is 1. The second kappa shape index (κ2) is 4.65. The van der Waals surface area contributed by atoms with E-state index in [-0.39, 0.29) is 0 Å². The summed E-state index contributed by atoms with van der Waals surface area (Å²) in [5, 5.41) is 1.12. The molecule has 0 amide bonds. The zero-order valence-electron chi connectivity index (χ0n) is 10.6. The first-order chi connectivity index (χ1) is 9.28. The second-order valence-corrected chi connectivity index (χ2v) is 4.51. The zero-order valence-corrected chi connectivity index (χ0v) is 10.6. The van der Waals surface area contributed by atoms with E-state index in [1.54, 1.807) is 12.1 Å². The van der Waals surface area contributed by atoms with Gasteiger partial charge in [0.2, 0.25) is 6.29 Å². The Kier molecular flexibility index (Phi) is 2.84. The molecule has 0 N–H and O–H groups in total. The van der Waals surface area contributed by atoms with Crippen LogP contribution in [0.3, 0.4) is 0 Å². The standard InChI is InChI=1S/C17H12NO/c1-12-10-16(14-8-6-13(11-19)7-9-14)15-4-2-3-5-17(15)18-12/h2-10H,1H3. The molecule has 0 aliphatic carbocycles. The summed E-state index contributed by atoms with van der Waals surface area (Å²) in [6, 6.07) is 17.6. The van der Waals surface area contributed by atoms with Crippen LogP contribution in [0.4, 0.5) is 0 Å². The lowest BCUT2D eigenvalue weighted by Gasteiger charge is -2.08. The fraction of sp³-hybridized carbons (Fsp3) is 0.0588. The van der Waals surface area contributed by atoms with Crippen molar-refractivity contribution in [1.29, 1.82) is 0 Å². The molecule has 1 aromatic heterocycles. The number of aromatic nitrogens is 1. The molecule has 3 aromatic rings. The summed E-state index contributed by atoms with van der Waals surface area (Å²) < 4.78 is 0. The number of fused-ring (bicyclic) bond motifs is 1. The van der Waals surface area contributed by atoms with Crippen molar-refractivity contribution in [2.75, 3.05) is 0 Å². The van der Waals surface area contributed by atoms with Gasteiger partial charge in [0.25, 0.3) is 0 Å². The molecule has 3 rings (SSSR count). The third-order valence-corrected chi connectivity index (χ3v) is 3.16. The first-order valence-corrected chi connectivity index (χ1v) is 6.13. The summed E-state index contributed by atoms with van der Waals surface area (Å²) >= 11 is 0. The summed E-state index contributed by atoms with van der Waals surface area (Å²) in [5.74, 6) is 0. The van der Waals surface area contributed by atoms with Gasteiger partial charge in [0.05, 0.1) is 5.52 Å². The van der Waals surface area contributed by atoms with Gasteiger partial charge < -0.3 is 0 Å². The van der Waals surface area contributed by atoms with Crippen molar-refractivity contribution in [2.24, 2.45) is 0 Å². The molecular formula is C17H12NO. The number of benzene rings is 2. The predicted octanol–water partition coefficient (Wildman–Crippen LogP) is 3.67. The Balaban J connectivity index is 2.25. The quantitative estimate of drug-likeness (QED) is 0.690. The minimum atomic E-state index is 0.568. The maximum atomic E-state index is 10.6. The second-order valence-electron chi connectivity index (χ2n) is 4.51. The van der Waals surface area contributed by atoms with Crippen LogP contribution >= 0.6 is 0 Å². The molecular weight excluding hydrogens is 234 g/mol. The average Bonchev–Trinajstić information content (AvgIpc) is 2.46. The maximum absolute atomic E-state index is 10.6. The van der Waals surface area contributed by atoms with Crippen LogP contribution in [-0.2, 0) is 4.79 Å². The minimum absolute atomic E-state index is 0.568. The van der Waals surface area contributed by atoms with Gasteiger partial charge in [-0.1, -0.05) is 42.5 Å². The smallest absolute Gasteiger partial charge is 0.233 e. The Hall–Kier alpha value is -2.48. The number of rotatable bonds is 2. The van der Waals surface area contributed by atoms with Crippen LogP contribution < -0.4 is 0 Å². The van der Waals surface area contributed by atoms with E-state index < -0.39 is 0 Å². The van der Waals surface area contributed by atoms with E-state index >= 15 is 0 Å². The number of para-hydroxylation sites is 1. The molecule has 0 aliphatic rings. The molecule has 0 aliphatic heterocycles. The van der Waals surface area contributed by atoms with Gasteiger partial charge in [0, 0.05) is 16.6 Å². The van der Waals surface area contributed by atoms with Crippen LogP contribution in [0.25, 0.3) is 22.0 Å². The summed E-state index contributed by atoms with van der Waals surface area (Å²) in [5.41, 5.74) is 4.77. The molecule has 1 radical (unpaired) electrons. The Morgan fingerprint density at radius 3 is 2.47 bits per heavy atom. The van der Waals surface area contributed by atoms with E-state index in [4.69, 9.17) is 0 Å². The third-order valence-electron chi connectivity index (χ3n) is 3.16. The number of hydrogen-bond acceptors (Lipinski definition) is 2. The number of pyridine rings is 1. The maximum Gasteiger partial charge on any atom is 0.233 e. The molecule has 0 spiro atoms. The summed E-state index contributed by atoms with van der Waals surface area (Å²) in [6.07, 6.45) is 1.89. The van der Waals surface area contributed by atoms with Crippen LogP contribution in [-0.4, -0.2) is 11.3 Å². The highest BCUT2D eigenvalue weighted by molar-refractivity contribution is 5.95. The molecule has 0 saturated heterocycles. The fourth-order valence-corrected chi connectivity index (χ4v) is 2.26. The first-order valence-electron chi connectivity index (χ1n) is 6.13. The average molecular weight is 246 g/mol. The van der Waals surface area contributed by atoms with Gasteiger partial charge in [-0.25, -0.2) is 0 Å². The monoisotopic (exact) mass is 246 g/mol. The Bertz CT molecular complexity index is 745. The molecule has 91 valence electrons. The van der Waals surface area contributed by atoms with Crippen LogP contribution in [0.15, 0.2) is 54.6 Å². The molecule has 2 nitrogen and oxygen atoms in total. The van der Waals surface area contributed by atoms with Gasteiger partial charge in [0.15, 0.2) is 0 Å². The fourth-order valence-electron chi connectivity index (χ4n) is 2.26. The lowest BCUT2D eigenvalue weighted by molar-refractivity contribution is 0.563. The summed E-state index contributed by atoms with van der Waals surface area (Å²) in [4.78, 5) is 15.1. The van der Waals surface area contributed by atoms with Gasteiger partial charge in [-0.05, 0) is 30.2 Å². The molecule has 0 bridgehead atoms. The molecule has 2 aromatic carbocycles. The van der Waals surface area contributed by atoms with E-state index in [1.807, 2.05) is 43.5 Å². The van der Waals surface area contributed by atoms with Gasteiger partial charge in [-0.2, -0.15) is 0 Å². The Morgan fingerprint density at radius 2 is 1.74 bits per heavy atom. The van der Waals surface area contributed by atoms with E-state index in [0.717, 1.165) is 27.7 Å². The van der Waals surface area contributed by atoms with Crippen molar-refractivity contribution in [1.82, 2.24) is 4.98 Å². The molecule has 0 saturated carbocycles. The van der Waals surface area contributed by atoms with E-state index in [2.05, 4.69) is 17.1 Å². The summed E-state index contributed by atoms with van der Waals surface area (Å²) in [7, 11) is 0. The van der Waals surface area contributed by atoms with Crippen molar-refractivity contribution in [2.45, 2.75) is 6.92 Å². The molecule has 19 heavy (non-hydrogen) atoms. The Morgan fingerprint density at radius 1 is 1.00 bits per heavy atom. The molecule has 1 heterocycles. The normalized spacial score (nSPS) is 10.6. The lowest BCUT2D eigenvalue weighted by atomic mass is 9.99. The van der Waals surface area contributed by atoms with Crippen molar-refractivity contribution >= 4 is 17.2 Å². The molecule has 0 fully saturated rings. The minimum Gasteiger partial charge on any atom is -0.285 e. The van der Waals surface area contributed by atoms with Crippen molar-refractivity contribution in [3.05, 3.63) is 65.9 Å². The zero-order chi connectivity index (χ0) is 13.2. The van der Waals surface area contributed by atoms with Crippen LogP contribution in [0.1, 0.15) is 11.3 Å². The third kappa shape index (κ3) is 2.13. The molecule has 2 heteroatoms. The van der Waals surface area contributed by atoms with Crippen LogP contribution in [0.5, 0.6) is 0 Å². The largest absolute Gasteiger partial charge is 0.285 e. The lowest BCUT2D eigenvalue weighted by Crippen LogP contribution is -1.88. The van der Waals surface area contributed by atoms with E-state index in [0.29, 0.717) is 5.56 Å². The number of carbonyl (C=O) groups excluding carboxylic acids is 1. The van der Waals surface area contributed by atoms with Gasteiger partial charge in [0.1, 0.15) is 0 Å². The predicted molar refractivity (Wildman–Crippen MR) is 76.7 cm³/mol. The van der Waals surface area contributed by atoms with E-state index in [1.165, 1.54) is 0 Å². The van der Waals surface area contributed by atoms with Crippen LogP contribution in [0, 0.1) is 6.92 Å². The highest BCUT2D eigenvalue weighted by Crippen LogP contribution is 2.28. The highest BCUT2D eigenvalue weighted by Gasteiger charge is 2.06.